The van der Waals surface area contributed by atoms with Crippen molar-refractivity contribution in [3.63, 3.8) is 0 Å². The van der Waals surface area contributed by atoms with Crippen LogP contribution in [-0.2, 0) is 28.0 Å². The number of benzene rings is 2. The standard InChI is InChI=1S/C28H33FN2O3/c1-18-27(2,26(32)33-17-19-7-9-21(29)10-8-19)25-22-16-20-6-5-15-31-14-4-3-13-28(20,31)34-24(22)12-11-23(25)30-18/h7-12,18,20,30H,3-6,13-17H2,1-2H3. The van der Waals surface area contributed by atoms with Gasteiger partial charge in [0, 0.05) is 48.3 Å². The van der Waals surface area contributed by atoms with Gasteiger partial charge in [-0.25, -0.2) is 4.39 Å². The molecule has 0 saturated carbocycles. The summed E-state index contributed by atoms with van der Waals surface area (Å²) in [5.41, 5.74) is 2.97. The zero-order valence-corrected chi connectivity index (χ0v) is 20.0. The molecule has 6 heteroatoms. The lowest BCUT2D eigenvalue weighted by Crippen LogP contribution is -2.64. The van der Waals surface area contributed by atoms with Crippen molar-refractivity contribution in [2.45, 2.75) is 76.2 Å². The van der Waals surface area contributed by atoms with Gasteiger partial charge < -0.3 is 14.8 Å². The van der Waals surface area contributed by atoms with E-state index in [9.17, 15) is 9.18 Å². The molecule has 0 amide bonds. The Morgan fingerprint density at radius 2 is 1.97 bits per heavy atom. The molecule has 34 heavy (non-hydrogen) atoms. The molecule has 2 saturated heterocycles. The fraction of sp³-hybridized carbons (Fsp3) is 0.536. The minimum absolute atomic E-state index is 0.108. The van der Waals surface area contributed by atoms with Gasteiger partial charge in [-0.2, -0.15) is 0 Å². The van der Waals surface area contributed by atoms with Crippen LogP contribution in [0.4, 0.5) is 10.1 Å². The molecule has 6 rings (SSSR count). The first-order valence-electron chi connectivity index (χ1n) is 12.7. The quantitative estimate of drug-likeness (QED) is 0.636. The van der Waals surface area contributed by atoms with E-state index in [1.165, 1.54) is 37.0 Å². The maximum Gasteiger partial charge on any atom is 0.318 e. The molecule has 4 unspecified atom stereocenters. The lowest BCUT2D eigenvalue weighted by atomic mass is 9.70. The maximum atomic E-state index is 13.6. The monoisotopic (exact) mass is 464 g/mol. The second-order valence-electron chi connectivity index (χ2n) is 10.7. The van der Waals surface area contributed by atoms with Crippen molar-refractivity contribution in [3.8, 4) is 5.75 Å². The van der Waals surface area contributed by atoms with Crippen LogP contribution in [0, 0.1) is 11.7 Å². The van der Waals surface area contributed by atoms with Gasteiger partial charge in [0.2, 0.25) is 0 Å². The Kier molecular flexibility index (Phi) is 5.14. The number of piperidine rings is 2. The normalized spacial score (nSPS) is 31.9. The van der Waals surface area contributed by atoms with Crippen molar-refractivity contribution < 1.29 is 18.7 Å². The predicted molar refractivity (Wildman–Crippen MR) is 128 cm³/mol. The van der Waals surface area contributed by atoms with Gasteiger partial charge in [0.25, 0.3) is 0 Å². The van der Waals surface area contributed by atoms with E-state index in [0.717, 1.165) is 54.9 Å². The number of esters is 1. The Labute approximate surface area is 200 Å². The van der Waals surface area contributed by atoms with E-state index >= 15 is 0 Å². The first-order chi connectivity index (χ1) is 16.4. The number of hydrogen-bond donors (Lipinski definition) is 1. The lowest BCUT2D eigenvalue weighted by Gasteiger charge is -2.56. The van der Waals surface area contributed by atoms with Gasteiger partial charge in [0.15, 0.2) is 5.72 Å². The van der Waals surface area contributed by atoms with Crippen LogP contribution in [0.3, 0.4) is 0 Å². The number of fused-ring (bicyclic) bond motifs is 3. The highest BCUT2D eigenvalue weighted by molar-refractivity contribution is 5.91. The molecule has 0 bridgehead atoms. The maximum absolute atomic E-state index is 13.6. The van der Waals surface area contributed by atoms with Crippen molar-refractivity contribution in [2.24, 2.45) is 5.92 Å². The van der Waals surface area contributed by atoms with Gasteiger partial charge in [-0.3, -0.25) is 9.69 Å². The van der Waals surface area contributed by atoms with E-state index in [2.05, 4.69) is 22.3 Å². The molecule has 1 N–H and O–H groups in total. The summed E-state index contributed by atoms with van der Waals surface area (Å²) in [6, 6.07) is 10.1. The second-order valence-corrected chi connectivity index (χ2v) is 10.7. The first kappa shape index (κ1) is 21.9. The van der Waals surface area contributed by atoms with E-state index in [0.29, 0.717) is 5.92 Å². The fourth-order valence-electron chi connectivity index (χ4n) is 6.84. The topological polar surface area (TPSA) is 50.8 Å². The van der Waals surface area contributed by atoms with Crippen LogP contribution in [0.15, 0.2) is 36.4 Å². The van der Waals surface area contributed by atoms with Crippen molar-refractivity contribution in [3.05, 3.63) is 58.9 Å². The van der Waals surface area contributed by atoms with Crippen LogP contribution in [0.2, 0.25) is 0 Å². The minimum atomic E-state index is -0.824. The summed E-state index contributed by atoms with van der Waals surface area (Å²) in [4.78, 5) is 16.2. The zero-order valence-electron chi connectivity index (χ0n) is 20.0. The molecule has 0 aromatic heterocycles. The summed E-state index contributed by atoms with van der Waals surface area (Å²) >= 11 is 0. The fourth-order valence-corrected chi connectivity index (χ4v) is 6.84. The number of carbonyl (C=O) groups is 1. The molecule has 180 valence electrons. The summed E-state index contributed by atoms with van der Waals surface area (Å²) in [7, 11) is 0. The highest BCUT2D eigenvalue weighted by atomic mass is 19.1. The van der Waals surface area contributed by atoms with Crippen LogP contribution in [0.1, 0.15) is 62.6 Å². The molecule has 5 nitrogen and oxygen atoms in total. The van der Waals surface area contributed by atoms with Gasteiger partial charge >= 0.3 is 5.97 Å². The highest BCUT2D eigenvalue weighted by Crippen LogP contribution is 2.54. The summed E-state index contributed by atoms with van der Waals surface area (Å²) < 4.78 is 26.0. The van der Waals surface area contributed by atoms with Crippen molar-refractivity contribution in [1.29, 1.82) is 0 Å². The number of halogens is 1. The van der Waals surface area contributed by atoms with Crippen molar-refractivity contribution >= 4 is 11.7 Å². The molecule has 0 radical (unpaired) electrons. The number of hydrogen-bond acceptors (Lipinski definition) is 5. The Morgan fingerprint density at radius 3 is 2.79 bits per heavy atom. The highest BCUT2D eigenvalue weighted by Gasteiger charge is 2.55. The van der Waals surface area contributed by atoms with Crippen LogP contribution in [0.25, 0.3) is 0 Å². The summed E-state index contributed by atoms with van der Waals surface area (Å²) in [6.07, 6.45) is 6.83. The van der Waals surface area contributed by atoms with Crippen LogP contribution in [0.5, 0.6) is 5.75 Å². The summed E-state index contributed by atoms with van der Waals surface area (Å²) in [5.74, 6) is 0.814. The summed E-state index contributed by atoms with van der Waals surface area (Å²) in [6.45, 7) is 6.39. The third-order valence-electron chi connectivity index (χ3n) is 8.84. The second kappa shape index (κ2) is 7.98. The van der Waals surface area contributed by atoms with E-state index in [-0.39, 0.29) is 30.2 Å². The van der Waals surface area contributed by atoms with Crippen LogP contribution in [-0.4, -0.2) is 35.7 Å². The van der Waals surface area contributed by atoms with Crippen LogP contribution >= 0.6 is 0 Å². The number of carbonyl (C=O) groups excluding carboxylic acids is 1. The van der Waals surface area contributed by atoms with E-state index in [1.807, 2.05) is 13.8 Å². The molecule has 4 aliphatic heterocycles. The number of nitrogens with one attached hydrogen (secondary N) is 1. The number of anilines is 1. The smallest absolute Gasteiger partial charge is 0.318 e. The molecule has 4 heterocycles. The molecule has 2 aromatic rings. The zero-order chi connectivity index (χ0) is 23.5. The lowest BCUT2D eigenvalue weighted by molar-refractivity contribution is -0.178. The Bertz CT molecular complexity index is 1120. The van der Waals surface area contributed by atoms with Crippen molar-refractivity contribution in [2.75, 3.05) is 18.4 Å². The molecule has 4 aliphatic rings. The third-order valence-corrected chi connectivity index (χ3v) is 8.84. The van der Waals surface area contributed by atoms with Gasteiger partial charge in [-0.1, -0.05) is 12.1 Å². The third kappa shape index (κ3) is 3.18. The van der Waals surface area contributed by atoms with Crippen molar-refractivity contribution in [1.82, 2.24) is 4.90 Å². The molecular weight excluding hydrogens is 431 g/mol. The molecular formula is C28H33FN2O3. The van der Waals surface area contributed by atoms with E-state index in [4.69, 9.17) is 9.47 Å². The first-order valence-corrected chi connectivity index (χ1v) is 12.7. The Balaban J connectivity index is 1.34. The minimum Gasteiger partial charge on any atom is -0.472 e. The van der Waals surface area contributed by atoms with E-state index in [1.54, 1.807) is 12.1 Å². The molecule has 2 aromatic carbocycles. The average molecular weight is 465 g/mol. The molecule has 4 atom stereocenters. The number of ether oxygens (including phenoxy) is 2. The van der Waals surface area contributed by atoms with Gasteiger partial charge in [0.1, 0.15) is 23.6 Å². The number of rotatable bonds is 3. The predicted octanol–water partition coefficient (Wildman–Crippen LogP) is 5.17. The Morgan fingerprint density at radius 1 is 1.18 bits per heavy atom. The van der Waals surface area contributed by atoms with E-state index < -0.39 is 5.41 Å². The largest absolute Gasteiger partial charge is 0.472 e. The summed E-state index contributed by atoms with van der Waals surface area (Å²) in [5, 5.41) is 3.53. The average Bonchev–Trinajstić information content (AvgIpc) is 3.12. The Hall–Kier alpha value is -2.60. The molecule has 0 aliphatic carbocycles. The van der Waals surface area contributed by atoms with Crippen LogP contribution < -0.4 is 10.1 Å². The van der Waals surface area contributed by atoms with Gasteiger partial charge in [0.05, 0.1) is 0 Å². The van der Waals surface area contributed by atoms with Gasteiger partial charge in [-0.05, 0) is 75.8 Å². The molecule has 1 spiro atoms. The van der Waals surface area contributed by atoms with Gasteiger partial charge in [-0.15, -0.1) is 0 Å². The molecule has 2 fully saturated rings. The number of nitrogens with zero attached hydrogens (tertiary/aromatic N) is 1. The SMILES string of the molecule is CC1Nc2ccc3c(c2C1(C)C(=O)OCc1ccc(F)cc1)CC1CCCN2CCCCC12O3.